The summed E-state index contributed by atoms with van der Waals surface area (Å²) in [6.45, 7) is 5.72. The number of halogens is 1. The van der Waals surface area contributed by atoms with Crippen LogP contribution in [0.1, 0.15) is 19.8 Å². The van der Waals surface area contributed by atoms with Gasteiger partial charge in [0.1, 0.15) is 5.52 Å². The number of aromatic nitrogens is 2. The Morgan fingerprint density at radius 3 is 2.86 bits per heavy atom. The zero-order valence-electron chi connectivity index (χ0n) is 12.6. The molecule has 0 bridgehead atoms. The number of rotatable bonds is 3. The van der Waals surface area contributed by atoms with Crippen molar-refractivity contribution in [3.8, 4) is 0 Å². The molecule has 1 N–H and O–H groups in total. The molecule has 21 heavy (non-hydrogen) atoms. The summed E-state index contributed by atoms with van der Waals surface area (Å²) < 4.78 is 0.960. The number of fused-ring (bicyclic) bond motifs is 1. The number of nitrogens with one attached hydrogen (secondary N) is 1. The van der Waals surface area contributed by atoms with E-state index in [0.29, 0.717) is 5.41 Å². The summed E-state index contributed by atoms with van der Waals surface area (Å²) in [6.07, 6.45) is 6.14. The third kappa shape index (κ3) is 3.35. The van der Waals surface area contributed by atoms with Crippen LogP contribution in [-0.2, 0) is 0 Å². The number of hydrogen-bond acceptors (Lipinski definition) is 4. The number of nitrogens with zero attached hydrogens (tertiary/aromatic N) is 3. The van der Waals surface area contributed by atoms with E-state index in [9.17, 15) is 0 Å². The van der Waals surface area contributed by atoms with Crippen LogP contribution in [0.25, 0.3) is 11.0 Å². The maximum Gasteiger partial charge on any atom is 0.112 e. The molecule has 3 rings (SSSR count). The van der Waals surface area contributed by atoms with Gasteiger partial charge in [0.05, 0.1) is 11.2 Å². The predicted molar refractivity (Wildman–Crippen MR) is 90.6 cm³/mol. The summed E-state index contributed by atoms with van der Waals surface area (Å²) in [5.74, 6) is 0. The second kappa shape index (κ2) is 5.89. The maximum atomic E-state index is 4.50. The van der Waals surface area contributed by atoms with Gasteiger partial charge in [0.15, 0.2) is 0 Å². The summed E-state index contributed by atoms with van der Waals surface area (Å²) in [6, 6.07) is 4.02. The standard InChI is InChI=1S/C16H21BrN4/c1-16(4-7-21(2)8-5-16)11-20-13-3-6-18-14-9-12(17)10-19-15(13)14/h3,6,9-10H,4-5,7-8,11H2,1-2H3,(H,18,20). The molecule has 3 heterocycles. The number of anilines is 1. The Labute approximate surface area is 134 Å². The zero-order chi connectivity index (χ0) is 14.9. The molecular formula is C16H21BrN4. The molecule has 0 unspecified atom stereocenters. The van der Waals surface area contributed by atoms with Crippen LogP contribution in [0.3, 0.4) is 0 Å². The molecule has 1 fully saturated rings. The lowest BCUT2D eigenvalue weighted by molar-refractivity contribution is 0.150. The molecule has 2 aromatic heterocycles. The third-order valence-electron chi connectivity index (χ3n) is 4.44. The molecule has 4 nitrogen and oxygen atoms in total. The van der Waals surface area contributed by atoms with Gasteiger partial charge in [0.2, 0.25) is 0 Å². The molecular weight excluding hydrogens is 328 g/mol. The molecule has 0 atom stereocenters. The van der Waals surface area contributed by atoms with Crippen molar-refractivity contribution >= 4 is 32.7 Å². The van der Waals surface area contributed by atoms with Crippen LogP contribution < -0.4 is 5.32 Å². The van der Waals surface area contributed by atoms with Crippen molar-refractivity contribution in [3.63, 3.8) is 0 Å². The summed E-state index contributed by atoms with van der Waals surface area (Å²) in [4.78, 5) is 11.3. The fraction of sp³-hybridized carbons (Fsp3) is 0.500. The fourth-order valence-electron chi connectivity index (χ4n) is 2.79. The average Bonchev–Trinajstić information content (AvgIpc) is 2.48. The number of piperidine rings is 1. The molecule has 0 spiro atoms. The van der Waals surface area contributed by atoms with Crippen LogP contribution in [0, 0.1) is 5.41 Å². The van der Waals surface area contributed by atoms with Crippen molar-refractivity contribution in [2.75, 3.05) is 32.0 Å². The van der Waals surface area contributed by atoms with Gasteiger partial charge in [0.25, 0.3) is 0 Å². The highest BCUT2D eigenvalue weighted by atomic mass is 79.9. The molecule has 1 aliphatic rings. The van der Waals surface area contributed by atoms with Crippen molar-refractivity contribution in [2.24, 2.45) is 5.41 Å². The molecule has 0 aromatic carbocycles. The summed E-state index contributed by atoms with van der Waals surface area (Å²) in [5.41, 5.74) is 3.30. The summed E-state index contributed by atoms with van der Waals surface area (Å²) in [5, 5.41) is 3.60. The minimum Gasteiger partial charge on any atom is -0.383 e. The Balaban J connectivity index is 1.76. The van der Waals surface area contributed by atoms with Gasteiger partial charge >= 0.3 is 0 Å². The Hall–Kier alpha value is -1.20. The van der Waals surface area contributed by atoms with Crippen LogP contribution in [-0.4, -0.2) is 41.5 Å². The van der Waals surface area contributed by atoms with Crippen molar-refractivity contribution in [2.45, 2.75) is 19.8 Å². The summed E-state index contributed by atoms with van der Waals surface area (Å²) >= 11 is 3.45. The van der Waals surface area contributed by atoms with E-state index in [1.54, 1.807) is 0 Å². The van der Waals surface area contributed by atoms with Gasteiger partial charge < -0.3 is 10.2 Å². The van der Waals surface area contributed by atoms with E-state index in [1.807, 2.05) is 24.5 Å². The zero-order valence-corrected chi connectivity index (χ0v) is 14.2. The van der Waals surface area contributed by atoms with Crippen molar-refractivity contribution in [1.82, 2.24) is 14.9 Å². The fourth-order valence-corrected chi connectivity index (χ4v) is 3.11. The average molecular weight is 349 g/mol. The van der Waals surface area contributed by atoms with Gasteiger partial charge in [0, 0.05) is 23.4 Å². The lowest BCUT2D eigenvalue weighted by atomic mass is 9.80. The highest BCUT2D eigenvalue weighted by Gasteiger charge is 2.28. The number of pyridine rings is 2. The number of hydrogen-bond donors (Lipinski definition) is 1. The van der Waals surface area contributed by atoms with Crippen LogP contribution in [0.4, 0.5) is 5.69 Å². The van der Waals surface area contributed by atoms with Crippen LogP contribution in [0.15, 0.2) is 29.0 Å². The minimum atomic E-state index is 0.359. The van der Waals surface area contributed by atoms with Crippen LogP contribution >= 0.6 is 15.9 Å². The van der Waals surface area contributed by atoms with Gasteiger partial charge in [-0.25, -0.2) is 0 Å². The molecule has 112 valence electrons. The molecule has 0 radical (unpaired) electrons. The van der Waals surface area contributed by atoms with Crippen molar-refractivity contribution in [1.29, 1.82) is 0 Å². The normalized spacial score (nSPS) is 18.8. The highest BCUT2D eigenvalue weighted by Crippen LogP contribution is 2.31. The quantitative estimate of drug-likeness (QED) is 0.920. The molecule has 0 aliphatic carbocycles. The minimum absolute atomic E-state index is 0.359. The highest BCUT2D eigenvalue weighted by molar-refractivity contribution is 9.10. The van der Waals surface area contributed by atoms with E-state index >= 15 is 0 Å². The van der Waals surface area contributed by atoms with Gasteiger partial charge in [-0.1, -0.05) is 6.92 Å². The molecule has 0 amide bonds. The Bertz CT molecular complexity index is 635. The number of likely N-dealkylation sites (tertiary alicyclic amines) is 1. The largest absolute Gasteiger partial charge is 0.383 e. The lowest BCUT2D eigenvalue weighted by Crippen LogP contribution is -2.40. The second-order valence-electron chi connectivity index (χ2n) is 6.35. The first-order valence-corrected chi connectivity index (χ1v) is 8.18. The summed E-state index contributed by atoms with van der Waals surface area (Å²) in [7, 11) is 2.20. The first kappa shape index (κ1) is 14.7. The van der Waals surface area contributed by atoms with Crippen molar-refractivity contribution < 1.29 is 0 Å². The van der Waals surface area contributed by atoms with Gasteiger partial charge in [-0.15, -0.1) is 0 Å². The Morgan fingerprint density at radius 1 is 1.33 bits per heavy atom. The molecule has 5 heteroatoms. The molecule has 1 saturated heterocycles. The third-order valence-corrected chi connectivity index (χ3v) is 4.88. The second-order valence-corrected chi connectivity index (χ2v) is 7.26. The SMILES string of the molecule is CN1CCC(C)(CNc2ccnc3cc(Br)cnc23)CC1. The first-order valence-electron chi connectivity index (χ1n) is 7.38. The monoisotopic (exact) mass is 348 g/mol. The lowest BCUT2D eigenvalue weighted by Gasteiger charge is -2.38. The van der Waals surface area contributed by atoms with E-state index < -0.39 is 0 Å². The van der Waals surface area contributed by atoms with E-state index in [-0.39, 0.29) is 0 Å². The van der Waals surface area contributed by atoms with Crippen LogP contribution in [0.5, 0.6) is 0 Å². The van der Waals surface area contributed by atoms with Crippen LogP contribution in [0.2, 0.25) is 0 Å². The van der Waals surface area contributed by atoms with E-state index in [1.165, 1.54) is 25.9 Å². The van der Waals surface area contributed by atoms with E-state index in [0.717, 1.165) is 27.7 Å². The molecule has 0 saturated carbocycles. The van der Waals surface area contributed by atoms with Gasteiger partial charge in [-0.05, 0) is 66.5 Å². The Kier molecular flexibility index (Phi) is 4.13. The molecule has 1 aliphatic heterocycles. The van der Waals surface area contributed by atoms with E-state index in [4.69, 9.17) is 0 Å². The molecule has 2 aromatic rings. The van der Waals surface area contributed by atoms with E-state index in [2.05, 4.69) is 50.1 Å². The van der Waals surface area contributed by atoms with Gasteiger partial charge in [-0.2, -0.15) is 0 Å². The smallest absolute Gasteiger partial charge is 0.112 e. The first-order chi connectivity index (χ1) is 10.1. The topological polar surface area (TPSA) is 41.0 Å². The maximum absolute atomic E-state index is 4.50. The predicted octanol–water partition coefficient (Wildman–Crippen LogP) is 3.54. The van der Waals surface area contributed by atoms with Crippen molar-refractivity contribution in [3.05, 3.63) is 29.0 Å². The Morgan fingerprint density at radius 2 is 2.10 bits per heavy atom. The van der Waals surface area contributed by atoms with Gasteiger partial charge in [-0.3, -0.25) is 9.97 Å².